The van der Waals surface area contributed by atoms with Crippen LogP contribution in [0.2, 0.25) is 0 Å². The molecule has 0 saturated carbocycles. The molecule has 2 unspecified atom stereocenters. The number of carbonyl (C=O) groups is 2. The number of carbonyl (C=O) groups excluding carboxylic acids is 2. The van der Waals surface area contributed by atoms with Gasteiger partial charge in [-0.15, -0.1) is 0 Å². The van der Waals surface area contributed by atoms with Crippen molar-refractivity contribution in [3.63, 3.8) is 0 Å². The third-order valence-electron chi connectivity index (χ3n) is 3.79. The highest BCUT2D eigenvalue weighted by molar-refractivity contribution is 7.81. The predicted octanol–water partition coefficient (Wildman–Crippen LogP) is -0.171. The number of ether oxygens (including phenoxy) is 4. The first-order valence-electron chi connectivity index (χ1n) is 6.61. The SMILES string of the molecule is O=C1OCC(C2COS(=O)(=O)OC2C2COC(=O)OC2)CO1. The molecule has 10 nitrogen and oxygen atoms in total. The van der Waals surface area contributed by atoms with Gasteiger partial charge in [0.25, 0.3) is 0 Å². The second-order valence-corrected chi connectivity index (χ2v) is 6.43. The zero-order chi connectivity index (χ0) is 15.7. The minimum atomic E-state index is -4.12. The zero-order valence-corrected chi connectivity index (χ0v) is 12.2. The number of cyclic esters (lactones) is 4. The van der Waals surface area contributed by atoms with Gasteiger partial charge in [-0.2, -0.15) is 8.42 Å². The highest BCUT2D eigenvalue weighted by Crippen LogP contribution is 2.34. The second kappa shape index (κ2) is 5.89. The summed E-state index contributed by atoms with van der Waals surface area (Å²) >= 11 is 0. The average Bonchev–Trinajstić information content (AvgIpc) is 2.48. The van der Waals surface area contributed by atoms with Crippen molar-refractivity contribution >= 4 is 22.7 Å². The Morgan fingerprint density at radius 2 is 1.27 bits per heavy atom. The molecule has 0 aromatic heterocycles. The van der Waals surface area contributed by atoms with E-state index in [9.17, 15) is 18.0 Å². The molecule has 0 N–H and O–H groups in total. The van der Waals surface area contributed by atoms with Crippen LogP contribution in [-0.2, 0) is 37.7 Å². The van der Waals surface area contributed by atoms with Crippen molar-refractivity contribution in [3.8, 4) is 0 Å². The van der Waals surface area contributed by atoms with E-state index in [4.69, 9.17) is 27.3 Å². The average molecular weight is 338 g/mol. The van der Waals surface area contributed by atoms with Gasteiger partial charge < -0.3 is 18.9 Å². The van der Waals surface area contributed by atoms with Gasteiger partial charge in [-0.1, -0.05) is 0 Å². The summed E-state index contributed by atoms with van der Waals surface area (Å²) in [7, 11) is -4.12. The maximum Gasteiger partial charge on any atom is 0.508 e. The second-order valence-electron chi connectivity index (χ2n) is 5.18. The zero-order valence-electron chi connectivity index (χ0n) is 11.3. The Kier molecular flexibility index (Phi) is 4.10. The molecule has 22 heavy (non-hydrogen) atoms. The highest BCUT2D eigenvalue weighted by atomic mass is 32.3. The van der Waals surface area contributed by atoms with Gasteiger partial charge in [0.15, 0.2) is 0 Å². The quantitative estimate of drug-likeness (QED) is 0.627. The molecule has 0 aliphatic carbocycles. The van der Waals surface area contributed by atoms with Crippen molar-refractivity contribution in [1.82, 2.24) is 0 Å². The van der Waals surface area contributed by atoms with Crippen molar-refractivity contribution in [2.75, 3.05) is 33.0 Å². The topological polar surface area (TPSA) is 124 Å². The third-order valence-corrected chi connectivity index (χ3v) is 4.67. The lowest BCUT2D eigenvalue weighted by atomic mass is 9.83. The van der Waals surface area contributed by atoms with Crippen LogP contribution in [0.15, 0.2) is 0 Å². The Hall–Kier alpha value is -1.59. The van der Waals surface area contributed by atoms with E-state index < -0.39 is 40.6 Å². The van der Waals surface area contributed by atoms with Gasteiger partial charge in [0.1, 0.15) is 26.4 Å². The van der Waals surface area contributed by atoms with Gasteiger partial charge >= 0.3 is 22.7 Å². The van der Waals surface area contributed by atoms with E-state index >= 15 is 0 Å². The number of hydrogen-bond acceptors (Lipinski definition) is 10. The molecule has 11 heteroatoms. The van der Waals surface area contributed by atoms with Crippen molar-refractivity contribution < 1.29 is 45.3 Å². The first kappa shape index (κ1) is 15.3. The van der Waals surface area contributed by atoms with E-state index in [-0.39, 0.29) is 39.0 Å². The van der Waals surface area contributed by atoms with E-state index in [1.807, 2.05) is 0 Å². The summed E-state index contributed by atoms with van der Waals surface area (Å²) in [5.41, 5.74) is 0. The molecule has 0 aromatic rings. The lowest BCUT2D eigenvalue weighted by Gasteiger charge is -2.40. The van der Waals surface area contributed by atoms with Gasteiger partial charge in [-0.3, -0.25) is 0 Å². The van der Waals surface area contributed by atoms with Gasteiger partial charge in [0, 0.05) is 11.8 Å². The van der Waals surface area contributed by atoms with Crippen LogP contribution < -0.4 is 0 Å². The van der Waals surface area contributed by atoms with E-state index in [1.165, 1.54) is 0 Å². The minimum absolute atomic E-state index is 0.0249. The van der Waals surface area contributed by atoms with Crippen LogP contribution in [0.5, 0.6) is 0 Å². The molecule has 3 heterocycles. The molecule has 0 bridgehead atoms. The lowest BCUT2D eigenvalue weighted by molar-refractivity contribution is -0.111. The Labute approximate surface area is 125 Å². The summed E-state index contributed by atoms with van der Waals surface area (Å²) in [5, 5.41) is 0. The fourth-order valence-corrected chi connectivity index (χ4v) is 3.59. The molecule has 124 valence electrons. The van der Waals surface area contributed by atoms with E-state index in [2.05, 4.69) is 0 Å². The molecule has 3 fully saturated rings. The molecule has 3 rings (SSSR count). The predicted molar refractivity (Wildman–Crippen MR) is 64.8 cm³/mol. The smallest absolute Gasteiger partial charge is 0.434 e. The van der Waals surface area contributed by atoms with E-state index in [0.717, 1.165) is 0 Å². The summed E-state index contributed by atoms with van der Waals surface area (Å²) in [6.45, 7) is -0.0466. The molecular formula is C11H14O10S. The van der Waals surface area contributed by atoms with Crippen molar-refractivity contribution in [3.05, 3.63) is 0 Å². The fourth-order valence-electron chi connectivity index (χ4n) is 2.64. The van der Waals surface area contributed by atoms with Gasteiger partial charge in [-0.25, -0.2) is 18.0 Å². The molecule has 0 aromatic carbocycles. The van der Waals surface area contributed by atoms with Crippen LogP contribution in [0.1, 0.15) is 0 Å². The molecule has 3 aliphatic rings. The monoisotopic (exact) mass is 338 g/mol. The van der Waals surface area contributed by atoms with Crippen LogP contribution in [0, 0.1) is 17.8 Å². The number of rotatable bonds is 2. The molecule has 0 amide bonds. The Morgan fingerprint density at radius 3 is 1.82 bits per heavy atom. The van der Waals surface area contributed by atoms with Crippen LogP contribution in [-0.4, -0.2) is 59.9 Å². The van der Waals surface area contributed by atoms with Crippen molar-refractivity contribution in [2.45, 2.75) is 6.10 Å². The lowest BCUT2D eigenvalue weighted by Crippen LogP contribution is -2.51. The fraction of sp³-hybridized carbons (Fsp3) is 0.818. The van der Waals surface area contributed by atoms with E-state index in [1.54, 1.807) is 0 Å². The molecule has 3 saturated heterocycles. The standard InChI is InChI=1S/C11H14O10S/c12-10-16-1-6(2-17-10)8-5-20-22(14,15)21-9(8)7-3-18-11(13)19-4-7/h6-9H,1-5H2. The molecule has 3 aliphatic heterocycles. The summed E-state index contributed by atoms with van der Waals surface area (Å²) < 4.78 is 52.0. The van der Waals surface area contributed by atoms with E-state index in [0.29, 0.717) is 0 Å². The van der Waals surface area contributed by atoms with Crippen LogP contribution in [0.25, 0.3) is 0 Å². The summed E-state index contributed by atoms with van der Waals surface area (Å²) in [6, 6.07) is 0. The van der Waals surface area contributed by atoms with Crippen molar-refractivity contribution in [1.29, 1.82) is 0 Å². The minimum Gasteiger partial charge on any atom is -0.434 e. The molecule has 2 atom stereocenters. The third kappa shape index (κ3) is 3.25. The maximum absolute atomic E-state index is 11.5. The first-order valence-corrected chi connectivity index (χ1v) is 7.95. The van der Waals surface area contributed by atoms with Gasteiger partial charge in [0.05, 0.1) is 18.6 Å². The first-order chi connectivity index (χ1) is 10.4. The largest absolute Gasteiger partial charge is 0.508 e. The Bertz CT molecular complexity index is 537. The van der Waals surface area contributed by atoms with Crippen LogP contribution in [0.4, 0.5) is 9.59 Å². The highest BCUT2D eigenvalue weighted by Gasteiger charge is 2.47. The summed E-state index contributed by atoms with van der Waals surface area (Å²) in [6.07, 6.45) is -2.40. The van der Waals surface area contributed by atoms with Crippen LogP contribution in [0.3, 0.4) is 0 Å². The number of hydrogen-bond donors (Lipinski definition) is 0. The van der Waals surface area contributed by atoms with Gasteiger partial charge in [-0.05, 0) is 0 Å². The molecule has 0 radical (unpaired) electrons. The molecular weight excluding hydrogens is 324 g/mol. The molecule has 0 spiro atoms. The normalized spacial score (nSPS) is 33.3. The summed E-state index contributed by atoms with van der Waals surface area (Å²) in [4.78, 5) is 21.9. The van der Waals surface area contributed by atoms with Crippen LogP contribution >= 0.6 is 0 Å². The maximum atomic E-state index is 11.5. The Balaban J connectivity index is 1.74. The Morgan fingerprint density at radius 1 is 0.773 bits per heavy atom. The summed E-state index contributed by atoms with van der Waals surface area (Å²) in [5.74, 6) is -1.18. The van der Waals surface area contributed by atoms with Crippen molar-refractivity contribution in [2.24, 2.45) is 17.8 Å². The van der Waals surface area contributed by atoms with Gasteiger partial charge in [0.2, 0.25) is 0 Å².